The molecule has 0 radical (unpaired) electrons. The van der Waals surface area contributed by atoms with Gasteiger partial charge in [0.25, 0.3) is 0 Å². The van der Waals surface area contributed by atoms with Gasteiger partial charge in [-0.05, 0) is 37.8 Å². The van der Waals surface area contributed by atoms with E-state index >= 15 is 0 Å². The molecule has 0 aromatic heterocycles. The largest absolute Gasteiger partial charge is 0.488 e. The first-order valence-electron chi connectivity index (χ1n) is 9.16. The number of rotatable bonds is 5. The molecular formula is C20H25NO6. The first kappa shape index (κ1) is 19.2. The van der Waals surface area contributed by atoms with Gasteiger partial charge in [0.1, 0.15) is 18.2 Å². The monoisotopic (exact) mass is 375 g/mol. The number of esters is 2. The molecule has 0 bridgehead atoms. The number of nitrogens with zero attached hydrogens (tertiary/aromatic N) is 1. The van der Waals surface area contributed by atoms with Crippen LogP contribution < -0.4 is 9.64 Å². The topological polar surface area (TPSA) is 74.3 Å². The van der Waals surface area contributed by atoms with Crippen molar-refractivity contribution in [2.75, 3.05) is 32.5 Å². The van der Waals surface area contributed by atoms with Crippen molar-refractivity contribution in [3.8, 4) is 5.75 Å². The van der Waals surface area contributed by atoms with Crippen LogP contribution in [0.4, 0.5) is 5.69 Å². The van der Waals surface area contributed by atoms with E-state index < -0.39 is 11.9 Å². The van der Waals surface area contributed by atoms with E-state index in [9.17, 15) is 9.59 Å². The van der Waals surface area contributed by atoms with E-state index in [1.807, 2.05) is 24.3 Å². The molecule has 1 aliphatic carbocycles. The molecule has 0 N–H and O–H groups in total. The second-order valence-electron chi connectivity index (χ2n) is 6.56. The van der Waals surface area contributed by atoms with Gasteiger partial charge in [-0.2, -0.15) is 0 Å². The normalized spacial score (nSPS) is 18.2. The number of hydrogen-bond acceptors (Lipinski definition) is 7. The smallest absolute Gasteiger partial charge is 0.355 e. The zero-order chi connectivity index (χ0) is 19.2. The Morgan fingerprint density at radius 1 is 1.04 bits per heavy atom. The van der Waals surface area contributed by atoms with Crippen LogP contribution in [-0.4, -0.2) is 45.6 Å². The van der Waals surface area contributed by atoms with E-state index in [1.165, 1.54) is 20.6 Å². The van der Waals surface area contributed by atoms with Crippen molar-refractivity contribution >= 4 is 17.6 Å². The van der Waals surface area contributed by atoms with Crippen LogP contribution in [0.2, 0.25) is 0 Å². The second-order valence-corrected chi connectivity index (χ2v) is 6.56. The SMILES string of the molecule is COC(=O)C1=C(C(=O)OC)N(c2ccccc2OC2CCCCC2)COC1. The summed E-state index contributed by atoms with van der Waals surface area (Å²) < 4.78 is 21.5. The fraction of sp³-hybridized carbons (Fsp3) is 0.500. The Hall–Kier alpha value is -2.54. The van der Waals surface area contributed by atoms with Gasteiger partial charge in [-0.15, -0.1) is 0 Å². The van der Waals surface area contributed by atoms with Crippen molar-refractivity contribution in [3.05, 3.63) is 35.5 Å². The quantitative estimate of drug-likeness (QED) is 0.733. The van der Waals surface area contributed by atoms with Crippen LogP contribution in [0.3, 0.4) is 0 Å². The first-order valence-corrected chi connectivity index (χ1v) is 9.16. The number of hydrogen-bond donors (Lipinski definition) is 0. The minimum absolute atomic E-state index is 0.0146. The second kappa shape index (κ2) is 8.90. The number of para-hydroxylation sites is 2. The fourth-order valence-electron chi connectivity index (χ4n) is 3.48. The summed E-state index contributed by atoms with van der Waals surface area (Å²) in [4.78, 5) is 26.2. The van der Waals surface area contributed by atoms with E-state index in [-0.39, 0.29) is 30.7 Å². The van der Waals surface area contributed by atoms with Crippen molar-refractivity contribution in [2.45, 2.75) is 38.2 Å². The maximum absolute atomic E-state index is 12.5. The van der Waals surface area contributed by atoms with E-state index in [0.717, 1.165) is 25.7 Å². The average Bonchev–Trinajstić information content (AvgIpc) is 2.73. The molecule has 0 unspecified atom stereocenters. The third-order valence-corrected chi connectivity index (χ3v) is 4.83. The van der Waals surface area contributed by atoms with E-state index in [4.69, 9.17) is 18.9 Å². The lowest BCUT2D eigenvalue weighted by Gasteiger charge is -2.33. The lowest BCUT2D eigenvalue weighted by Crippen LogP contribution is -2.39. The number of carbonyl (C=O) groups is 2. The van der Waals surface area contributed by atoms with Crippen molar-refractivity contribution in [3.63, 3.8) is 0 Å². The molecule has 27 heavy (non-hydrogen) atoms. The van der Waals surface area contributed by atoms with Crippen LogP contribution in [0.25, 0.3) is 0 Å². The molecule has 7 heteroatoms. The predicted molar refractivity (Wildman–Crippen MR) is 98.3 cm³/mol. The fourth-order valence-corrected chi connectivity index (χ4v) is 3.48. The molecule has 1 aliphatic heterocycles. The molecule has 146 valence electrons. The Bertz CT molecular complexity index is 723. The Labute approximate surface area is 158 Å². The molecule has 7 nitrogen and oxygen atoms in total. The summed E-state index contributed by atoms with van der Waals surface area (Å²) in [5.74, 6) is -0.586. The lowest BCUT2D eigenvalue weighted by atomic mass is 9.98. The molecule has 1 fully saturated rings. The Morgan fingerprint density at radius 2 is 1.74 bits per heavy atom. The van der Waals surface area contributed by atoms with E-state index in [1.54, 1.807) is 4.90 Å². The predicted octanol–water partition coefficient (Wildman–Crippen LogP) is 2.79. The molecule has 3 rings (SSSR count). The zero-order valence-electron chi connectivity index (χ0n) is 15.7. The average molecular weight is 375 g/mol. The van der Waals surface area contributed by atoms with Crippen LogP contribution in [0.1, 0.15) is 32.1 Å². The number of methoxy groups -OCH3 is 2. The third-order valence-electron chi connectivity index (χ3n) is 4.83. The summed E-state index contributed by atoms with van der Waals surface area (Å²) in [5.41, 5.74) is 0.906. The summed E-state index contributed by atoms with van der Waals surface area (Å²) in [5, 5.41) is 0. The molecule has 1 heterocycles. The molecule has 0 spiro atoms. The van der Waals surface area contributed by atoms with Gasteiger partial charge >= 0.3 is 11.9 Å². The van der Waals surface area contributed by atoms with Crippen LogP contribution in [0, 0.1) is 0 Å². The highest BCUT2D eigenvalue weighted by atomic mass is 16.5. The van der Waals surface area contributed by atoms with Gasteiger partial charge in [0, 0.05) is 0 Å². The Balaban J connectivity index is 1.98. The highest BCUT2D eigenvalue weighted by molar-refractivity contribution is 6.03. The molecule has 0 atom stereocenters. The Morgan fingerprint density at radius 3 is 2.44 bits per heavy atom. The minimum atomic E-state index is -0.620. The van der Waals surface area contributed by atoms with Crippen molar-refractivity contribution in [1.82, 2.24) is 0 Å². The van der Waals surface area contributed by atoms with Gasteiger partial charge in [0.15, 0.2) is 0 Å². The highest BCUT2D eigenvalue weighted by Gasteiger charge is 2.33. The molecule has 2 aliphatic rings. The maximum Gasteiger partial charge on any atom is 0.355 e. The van der Waals surface area contributed by atoms with Crippen molar-refractivity contribution in [2.24, 2.45) is 0 Å². The van der Waals surface area contributed by atoms with Crippen LogP contribution in [-0.2, 0) is 23.8 Å². The molecule has 0 saturated heterocycles. The van der Waals surface area contributed by atoms with Crippen LogP contribution in [0.15, 0.2) is 35.5 Å². The summed E-state index contributed by atoms with van der Waals surface area (Å²) >= 11 is 0. The standard InChI is InChI=1S/C20H25NO6/c1-24-19(22)15-12-26-13-21(18(15)20(23)25-2)16-10-6-7-11-17(16)27-14-8-4-3-5-9-14/h6-7,10-11,14H,3-5,8-9,12-13H2,1-2H3. The third kappa shape index (κ3) is 4.24. The minimum Gasteiger partial charge on any atom is -0.488 e. The molecule has 1 saturated carbocycles. The first-order chi connectivity index (χ1) is 13.2. The molecule has 1 aromatic rings. The van der Waals surface area contributed by atoms with E-state index in [2.05, 4.69) is 0 Å². The molecule has 1 aromatic carbocycles. The summed E-state index contributed by atoms with van der Waals surface area (Å²) in [6, 6.07) is 7.44. The highest BCUT2D eigenvalue weighted by Crippen LogP contribution is 2.36. The Kier molecular flexibility index (Phi) is 6.34. The van der Waals surface area contributed by atoms with Crippen LogP contribution >= 0.6 is 0 Å². The summed E-state index contributed by atoms with van der Waals surface area (Å²) in [6.45, 7) is 0.0925. The van der Waals surface area contributed by atoms with Gasteiger partial charge in [-0.25, -0.2) is 9.59 Å². The zero-order valence-corrected chi connectivity index (χ0v) is 15.7. The summed E-state index contributed by atoms with van der Waals surface area (Å²) in [6.07, 6.45) is 5.71. The van der Waals surface area contributed by atoms with Gasteiger partial charge < -0.3 is 23.8 Å². The van der Waals surface area contributed by atoms with Crippen LogP contribution in [0.5, 0.6) is 5.75 Å². The number of anilines is 1. The summed E-state index contributed by atoms with van der Waals surface area (Å²) in [7, 11) is 2.55. The van der Waals surface area contributed by atoms with Gasteiger partial charge in [-0.1, -0.05) is 18.6 Å². The van der Waals surface area contributed by atoms with Crippen molar-refractivity contribution < 1.29 is 28.5 Å². The van der Waals surface area contributed by atoms with Gasteiger partial charge in [0.05, 0.1) is 38.2 Å². The lowest BCUT2D eigenvalue weighted by molar-refractivity contribution is -0.140. The van der Waals surface area contributed by atoms with Gasteiger partial charge in [-0.3, -0.25) is 0 Å². The molecule has 0 amide bonds. The maximum atomic E-state index is 12.5. The number of carbonyl (C=O) groups excluding carboxylic acids is 2. The van der Waals surface area contributed by atoms with E-state index in [0.29, 0.717) is 11.4 Å². The number of benzene rings is 1. The van der Waals surface area contributed by atoms with Crippen molar-refractivity contribution in [1.29, 1.82) is 0 Å². The number of ether oxygens (including phenoxy) is 4. The molecular weight excluding hydrogens is 350 g/mol. The van der Waals surface area contributed by atoms with Gasteiger partial charge in [0.2, 0.25) is 0 Å².